The average Bonchev–Trinajstić information content (AvgIpc) is 3.00. The highest BCUT2D eigenvalue weighted by Gasteiger charge is 2.41. The van der Waals surface area contributed by atoms with Gasteiger partial charge in [-0.05, 0) is 25.0 Å². The number of anilines is 1. The van der Waals surface area contributed by atoms with Gasteiger partial charge in [0.15, 0.2) is 0 Å². The first kappa shape index (κ1) is 18.2. The van der Waals surface area contributed by atoms with E-state index in [9.17, 15) is 4.79 Å². The number of hydrogen-bond acceptors (Lipinski definition) is 7. The minimum atomic E-state index is -0.175. The summed E-state index contributed by atoms with van der Waals surface area (Å²) in [5, 5.41) is 8.40. The third-order valence-electron chi connectivity index (χ3n) is 5.11. The van der Waals surface area contributed by atoms with Crippen molar-refractivity contribution in [3.8, 4) is 0 Å². The molecule has 144 valence electrons. The van der Waals surface area contributed by atoms with Crippen LogP contribution in [0.4, 0.5) is 6.01 Å². The molecule has 1 atom stereocenters. The van der Waals surface area contributed by atoms with E-state index in [1.807, 2.05) is 4.90 Å². The van der Waals surface area contributed by atoms with Crippen LogP contribution in [0.2, 0.25) is 5.15 Å². The van der Waals surface area contributed by atoms with E-state index in [4.69, 9.17) is 20.8 Å². The van der Waals surface area contributed by atoms with Crippen LogP contribution in [-0.2, 0) is 4.74 Å². The lowest BCUT2D eigenvalue weighted by Crippen LogP contribution is -2.52. The lowest BCUT2D eigenvalue weighted by atomic mass is 9.80. The first-order chi connectivity index (χ1) is 13.0. The molecule has 0 N–H and O–H groups in total. The van der Waals surface area contributed by atoms with Crippen LogP contribution < -0.4 is 4.90 Å². The second kappa shape index (κ2) is 7.44. The number of aryl methyl sites for hydroxylation is 1. The maximum Gasteiger partial charge on any atom is 0.318 e. The molecular formula is C18H22ClN5O3. The third kappa shape index (κ3) is 3.91. The molecule has 2 aliphatic heterocycles. The van der Waals surface area contributed by atoms with E-state index in [0.717, 1.165) is 12.8 Å². The van der Waals surface area contributed by atoms with E-state index in [-0.39, 0.29) is 11.3 Å². The third-order valence-corrected chi connectivity index (χ3v) is 5.32. The fraction of sp³-hybridized carbons (Fsp3) is 0.556. The van der Waals surface area contributed by atoms with E-state index >= 15 is 0 Å². The Kier molecular flexibility index (Phi) is 5.01. The van der Waals surface area contributed by atoms with E-state index in [1.165, 1.54) is 0 Å². The molecule has 2 aromatic rings. The molecule has 0 aliphatic carbocycles. The highest BCUT2D eigenvalue weighted by molar-refractivity contribution is 6.29. The Morgan fingerprint density at radius 1 is 1.26 bits per heavy atom. The molecule has 2 aromatic heterocycles. The molecule has 1 spiro atoms. The fourth-order valence-electron chi connectivity index (χ4n) is 3.89. The molecule has 1 unspecified atom stereocenters. The summed E-state index contributed by atoms with van der Waals surface area (Å²) in [6.07, 6.45) is 1.88. The van der Waals surface area contributed by atoms with Gasteiger partial charge in [-0.25, -0.2) is 4.98 Å². The predicted octanol–water partition coefficient (Wildman–Crippen LogP) is 2.19. The summed E-state index contributed by atoms with van der Waals surface area (Å²) in [5.41, 5.74) is 0.198. The van der Waals surface area contributed by atoms with Crippen LogP contribution in [0.3, 0.4) is 0 Å². The van der Waals surface area contributed by atoms with Gasteiger partial charge < -0.3 is 19.0 Å². The van der Waals surface area contributed by atoms with Crippen LogP contribution in [0, 0.1) is 12.3 Å². The molecule has 8 nitrogen and oxygen atoms in total. The first-order valence-electron chi connectivity index (χ1n) is 9.09. The van der Waals surface area contributed by atoms with Crippen molar-refractivity contribution in [2.24, 2.45) is 5.41 Å². The summed E-state index contributed by atoms with van der Waals surface area (Å²) in [6, 6.07) is 5.63. The Labute approximate surface area is 162 Å². The number of ether oxygens (including phenoxy) is 1. The summed E-state index contributed by atoms with van der Waals surface area (Å²) in [5.74, 6) is 0.442. The number of piperidine rings is 1. The van der Waals surface area contributed by atoms with Gasteiger partial charge in [0.1, 0.15) is 10.8 Å². The van der Waals surface area contributed by atoms with Gasteiger partial charge in [0.2, 0.25) is 5.89 Å². The Hall–Kier alpha value is -2.19. The molecule has 27 heavy (non-hydrogen) atoms. The van der Waals surface area contributed by atoms with Gasteiger partial charge in [-0.3, -0.25) is 4.79 Å². The Morgan fingerprint density at radius 2 is 2.15 bits per heavy atom. The zero-order valence-corrected chi connectivity index (χ0v) is 16.0. The van der Waals surface area contributed by atoms with E-state index in [2.05, 4.69) is 20.1 Å². The van der Waals surface area contributed by atoms with Gasteiger partial charge in [-0.15, -0.1) is 5.10 Å². The van der Waals surface area contributed by atoms with Crippen molar-refractivity contribution in [2.45, 2.75) is 19.8 Å². The number of pyridine rings is 1. The molecule has 2 aliphatic rings. The van der Waals surface area contributed by atoms with Crippen molar-refractivity contribution in [2.75, 3.05) is 44.3 Å². The number of halogens is 1. The van der Waals surface area contributed by atoms with Crippen molar-refractivity contribution < 1.29 is 13.9 Å². The topological polar surface area (TPSA) is 84.6 Å². The molecule has 0 bridgehead atoms. The quantitative estimate of drug-likeness (QED) is 0.725. The summed E-state index contributed by atoms with van der Waals surface area (Å²) in [4.78, 5) is 21.0. The second-order valence-electron chi connectivity index (χ2n) is 7.25. The number of hydrogen-bond donors (Lipinski definition) is 0. The standard InChI is InChI=1S/C18H22ClN5O3/c1-13-21-22-17(27-13)24-8-9-26-12-18(11-24)6-3-7-23(10-18)16(25)14-4-2-5-15(19)20-14/h2,4-5H,3,6-12H2,1H3. The maximum atomic E-state index is 12.9. The summed E-state index contributed by atoms with van der Waals surface area (Å²) < 4.78 is 11.5. The molecule has 4 rings (SSSR count). The van der Waals surface area contributed by atoms with Crippen LogP contribution in [0.15, 0.2) is 22.6 Å². The molecule has 2 saturated heterocycles. The maximum absolute atomic E-state index is 12.9. The minimum Gasteiger partial charge on any atom is -0.408 e. The van der Waals surface area contributed by atoms with Gasteiger partial charge in [0.05, 0.1) is 13.2 Å². The number of carbonyl (C=O) groups is 1. The average molecular weight is 392 g/mol. The van der Waals surface area contributed by atoms with E-state index < -0.39 is 0 Å². The smallest absolute Gasteiger partial charge is 0.318 e. The molecular weight excluding hydrogens is 370 g/mol. The van der Waals surface area contributed by atoms with Gasteiger partial charge in [0, 0.05) is 38.5 Å². The van der Waals surface area contributed by atoms with Gasteiger partial charge >= 0.3 is 6.01 Å². The zero-order valence-electron chi connectivity index (χ0n) is 15.2. The van der Waals surface area contributed by atoms with Crippen LogP contribution >= 0.6 is 11.6 Å². The normalized spacial score (nSPS) is 23.5. The molecule has 2 fully saturated rings. The van der Waals surface area contributed by atoms with Crippen LogP contribution in [0.25, 0.3) is 0 Å². The van der Waals surface area contributed by atoms with Gasteiger partial charge in [0.25, 0.3) is 5.91 Å². The number of amides is 1. The first-order valence-corrected chi connectivity index (χ1v) is 9.47. The number of carbonyl (C=O) groups excluding carboxylic acids is 1. The number of aromatic nitrogens is 3. The Balaban J connectivity index is 1.53. The SMILES string of the molecule is Cc1nnc(N2CCOCC3(CCCN(C(=O)c4cccc(Cl)n4)C3)C2)o1. The van der Waals surface area contributed by atoms with Crippen LogP contribution in [0.5, 0.6) is 0 Å². The van der Waals surface area contributed by atoms with Crippen molar-refractivity contribution in [1.29, 1.82) is 0 Å². The molecule has 0 saturated carbocycles. The highest BCUT2D eigenvalue weighted by Crippen LogP contribution is 2.34. The second-order valence-corrected chi connectivity index (χ2v) is 7.64. The monoisotopic (exact) mass is 391 g/mol. The Morgan fingerprint density at radius 3 is 2.93 bits per heavy atom. The largest absolute Gasteiger partial charge is 0.408 e. The van der Waals surface area contributed by atoms with Crippen LogP contribution in [0.1, 0.15) is 29.2 Å². The molecule has 4 heterocycles. The summed E-state index contributed by atoms with van der Waals surface area (Å²) >= 11 is 5.95. The van der Waals surface area contributed by atoms with Gasteiger partial charge in [-0.1, -0.05) is 22.8 Å². The fourth-order valence-corrected chi connectivity index (χ4v) is 4.05. The van der Waals surface area contributed by atoms with E-state index in [0.29, 0.717) is 62.1 Å². The highest BCUT2D eigenvalue weighted by atomic mass is 35.5. The van der Waals surface area contributed by atoms with Crippen molar-refractivity contribution in [3.05, 3.63) is 34.9 Å². The summed E-state index contributed by atoms with van der Waals surface area (Å²) in [7, 11) is 0. The van der Waals surface area contributed by atoms with E-state index in [1.54, 1.807) is 25.1 Å². The molecule has 1 amide bonds. The minimum absolute atomic E-state index is 0.0963. The van der Waals surface area contributed by atoms with Crippen LogP contribution in [-0.4, -0.2) is 65.4 Å². The lowest BCUT2D eigenvalue weighted by molar-refractivity contribution is 0.0132. The number of nitrogens with zero attached hydrogens (tertiary/aromatic N) is 5. The van der Waals surface area contributed by atoms with Gasteiger partial charge in [-0.2, -0.15) is 0 Å². The number of rotatable bonds is 2. The molecule has 0 radical (unpaired) electrons. The van der Waals surface area contributed by atoms with Crippen molar-refractivity contribution in [3.63, 3.8) is 0 Å². The zero-order chi connectivity index (χ0) is 18.9. The predicted molar refractivity (Wildman–Crippen MR) is 98.9 cm³/mol. The van der Waals surface area contributed by atoms with Crippen molar-refractivity contribution in [1.82, 2.24) is 20.1 Å². The molecule has 0 aromatic carbocycles. The Bertz CT molecular complexity index is 829. The van der Waals surface area contributed by atoms with Crippen molar-refractivity contribution >= 4 is 23.5 Å². The summed E-state index contributed by atoms with van der Waals surface area (Å²) in [6.45, 7) is 5.67. The lowest BCUT2D eigenvalue weighted by Gasteiger charge is -2.43. The number of likely N-dealkylation sites (tertiary alicyclic amines) is 1. The molecule has 9 heteroatoms.